The van der Waals surface area contributed by atoms with E-state index in [1.807, 2.05) is 0 Å². The maximum atomic E-state index is 12.4. The van der Waals surface area contributed by atoms with E-state index >= 15 is 0 Å². The summed E-state index contributed by atoms with van der Waals surface area (Å²) in [5.41, 5.74) is -0.687. The smallest absolute Gasteiger partial charge is 0.326 e. The normalized spacial score (nSPS) is 12.5. The average molecular weight is 418 g/mol. The van der Waals surface area contributed by atoms with E-state index in [0.717, 1.165) is 6.07 Å². The summed E-state index contributed by atoms with van der Waals surface area (Å²) in [6, 6.07) is 9.92. The average Bonchev–Trinajstić information content (AvgIpc) is 2.91. The summed E-state index contributed by atoms with van der Waals surface area (Å²) in [6.07, 6.45) is 0. The van der Waals surface area contributed by atoms with Crippen LogP contribution in [0.15, 0.2) is 42.5 Å². The summed E-state index contributed by atoms with van der Waals surface area (Å²) in [4.78, 5) is 59.3. The molecule has 0 unspecified atom stereocenters. The van der Waals surface area contributed by atoms with Gasteiger partial charge in [-0.15, -0.1) is 0 Å². The molecule has 1 N–H and O–H groups in total. The molecular weight excluding hydrogens is 406 g/mol. The number of amides is 3. The SMILES string of the molecule is O=C(COC(=O)CN1C(=O)c2cccc([N+](=O)[O-])c2C1=O)Nc1cccc(Cl)c1. The van der Waals surface area contributed by atoms with Crippen LogP contribution in [0.2, 0.25) is 5.02 Å². The Kier molecular flexibility index (Phi) is 5.55. The molecule has 0 aromatic heterocycles. The Hall–Kier alpha value is -3.79. The largest absolute Gasteiger partial charge is 0.454 e. The monoisotopic (exact) mass is 417 g/mol. The van der Waals surface area contributed by atoms with Crippen molar-refractivity contribution in [3.63, 3.8) is 0 Å². The first-order valence-electron chi connectivity index (χ1n) is 8.12. The highest BCUT2D eigenvalue weighted by Gasteiger charge is 2.41. The zero-order chi connectivity index (χ0) is 21.1. The molecule has 0 bridgehead atoms. The number of ether oxygens (including phenoxy) is 1. The highest BCUT2D eigenvalue weighted by molar-refractivity contribution is 6.30. The lowest BCUT2D eigenvalue weighted by molar-refractivity contribution is -0.385. The van der Waals surface area contributed by atoms with E-state index in [0.29, 0.717) is 15.6 Å². The van der Waals surface area contributed by atoms with Crippen molar-refractivity contribution in [2.45, 2.75) is 0 Å². The van der Waals surface area contributed by atoms with Gasteiger partial charge in [0.15, 0.2) is 6.61 Å². The summed E-state index contributed by atoms with van der Waals surface area (Å²) in [5, 5.41) is 13.9. The summed E-state index contributed by atoms with van der Waals surface area (Å²) in [5.74, 6) is -3.51. The van der Waals surface area contributed by atoms with Crippen molar-refractivity contribution in [1.29, 1.82) is 0 Å². The third-order valence-corrected chi connectivity index (χ3v) is 4.17. The summed E-state index contributed by atoms with van der Waals surface area (Å²) >= 11 is 5.80. The van der Waals surface area contributed by atoms with Crippen molar-refractivity contribution in [1.82, 2.24) is 4.90 Å². The predicted octanol–water partition coefficient (Wildman–Crippen LogP) is 2.03. The van der Waals surface area contributed by atoms with Crippen LogP contribution < -0.4 is 5.32 Å². The van der Waals surface area contributed by atoms with Crippen LogP contribution in [0.1, 0.15) is 20.7 Å². The van der Waals surface area contributed by atoms with Crippen LogP contribution in [-0.2, 0) is 14.3 Å². The van der Waals surface area contributed by atoms with Gasteiger partial charge in [0.2, 0.25) is 0 Å². The number of nitrogens with one attached hydrogen (secondary N) is 1. The molecule has 0 fully saturated rings. The number of nitro benzene ring substituents is 1. The second kappa shape index (κ2) is 8.07. The molecular formula is C18H12ClN3O7. The standard InChI is InChI=1S/C18H12ClN3O7/c19-10-3-1-4-11(7-10)20-14(23)9-29-15(24)8-21-17(25)12-5-2-6-13(22(27)28)16(12)18(21)26/h1-7H,8-9H2,(H,20,23). The van der Waals surface area contributed by atoms with E-state index in [1.54, 1.807) is 18.2 Å². The number of hydrogen-bond donors (Lipinski definition) is 1. The van der Waals surface area contributed by atoms with Gasteiger partial charge in [0, 0.05) is 16.8 Å². The van der Waals surface area contributed by atoms with Crippen molar-refractivity contribution in [3.8, 4) is 0 Å². The van der Waals surface area contributed by atoms with Crippen molar-refractivity contribution >= 4 is 46.7 Å². The van der Waals surface area contributed by atoms with Crippen molar-refractivity contribution < 1.29 is 28.8 Å². The molecule has 2 aromatic rings. The Morgan fingerprint density at radius 2 is 1.86 bits per heavy atom. The van der Waals surface area contributed by atoms with Gasteiger partial charge >= 0.3 is 5.97 Å². The van der Waals surface area contributed by atoms with Crippen LogP contribution in [0.3, 0.4) is 0 Å². The number of nitro groups is 1. The molecule has 0 radical (unpaired) electrons. The van der Waals surface area contributed by atoms with Gasteiger partial charge in [0.1, 0.15) is 12.1 Å². The third-order valence-electron chi connectivity index (χ3n) is 3.93. The summed E-state index contributed by atoms with van der Waals surface area (Å²) in [6.45, 7) is -1.44. The number of imide groups is 1. The maximum Gasteiger partial charge on any atom is 0.326 e. The highest BCUT2D eigenvalue weighted by atomic mass is 35.5. The molecule has 148 valence electrons. The van der Waals surface area contributed by atoms with E-state index in [4.69, 9.17) is 16.3 Å². The Morgan fingerprint density at radius 3 is 2.55 bits per heavy atom. The molecule has 0 saturated heterocycles. The lowest BCUT2D eigenvalue weighted by Crippen LogP contribution is -2.36. The molecule has 11 heteroatoms. The molecule has 2 aromatic carbocycles. The summed E-state index contributed by atoms with van der Waals surface area (Å²) in [7, 11) is 0. The van der Waals surface area contributed by atoms with Crippen molar-refractivity contribution in [2.75, 3.05) is 18.5 Å². The van der Waals surface area contributed by atoms with Crippen LogP contribution in [0.5, 0.6) is 0 Å². The van der Waals surface area contributed by atoms with E-state index < -0.39 is 47.5 Å². The first-order valence-corrected chi connectivity index (χ1v) is 8.50. The Labute approximate surface area is 168 Å². The van der Waals surface area contributed by atoms with Gasteiger partial charge in [-0.1, -0.05) is 23.7 Å². The lowest BCUT2D eigenvalue weighted by Gasteiger charge is -2.13. The van der Waals surface area contributed by atoms with Crippen LogP contribution in [0.25, 0.3) is 0 Å². The van der Waals surface area contributed by atoms with Crippen LogP contribution in [0.4, 0.5) is 11.4 Å². The molecule has 3 amide bonds. The van der Waals surface area contributed by atoms with Gasteiger partial charge in [-0.3, -0.25) is 34.2 Å². The number of anilines is 1. The zero-order valence-corrected chi connectivity index (χ0v) is 15.3. The van der Waals surface area contributed by atoms with Gasteiger partial charge in [0.05, 0.1) is 10.5 Å². The topological polar surface area (TPSA) is 136 Å². The van der Waals surface area contributed by atoms with Gasteiger partial charge in [0.25, 0.3) is 23.4 Å². The van der Waals surface area contributed by atoms with Crippen LogP contribution in [0, 0.1) is 10.1 Å². The number of hydrogen-bond acceptors (Lipinski definition) is 7. The highest BCUT2D eigenvalue weighted by Crippen LogP contribution is 2.30. The fraction of sp³-hybridized carbons (Fsp3) is 0.111. The minimum absolute atomic E-state index is 0.171. The molecule has 1 aliphatic heterocycles. The molecule has 10 nitrogen and oxygen atoms in total. The second-order valence-corrected chi connectivity index (χ2v) is 6.31. The summed E-state index contributed by atoms with van der Waals surface area (Å²) < 4.78 is 4.78. The number of carbonyl (C=O) groups excluding carboxylic acids is 4. The molecule has 0 aliphatic carbocycles. The van der Waals surface area contributed by atoms with Crippen LogP contribution in [-0.4, -0.2) is 46.7 Å². The molecule has 3 rings (SSSR count). The number of benzene rings is 2. The van der Waals surface area contributed by atoms with Gasteiger partial charge < -0.3 is 10.1 Å². The van der Waals surface area contributed by atoms with E-state index in [1.165, 1.54) is 18.2 Å². The number of fused-ring (bicyclic) bond motifs is 1. The Morgan fingerprint density at radius 1 is 1.14 bits per heavy atom. The number of carbonyl (C=O) groups is 4. The minimum atomic E-state index is -1.02. The van der Waals surface area contributed by atoms with Gasteiger partial charge in [-0.25, -0.2) is 0 Å². The quantitative estimate of drug-likeness (QED) is 0.328. The van der Waals surface area contributed by atoms with Crippen LogP contribution >= 0.6 is 11.6 Å². The fourth-order valence-electron chi connectivity index (χ4n) is 2.70. The van der Waals surface area contributed by atoms with E-state index in [-0.39, 0.29) is 11.1 Å². The molecule has 0 spiro atoms. The Bertz CT molecular complexity index is 1050. The number of rotatable bonds is 6. The molecule has 1 aliphatic rings. The first-order chi connectivity index (χ1) is 13.8. The Balaban J connectivity index is 1.60. The minimum Gasteiger partial charge on any atom is -0.454 e. The maximum absolute atomic E-state index is 12.4. The van der Waals surface area contributed by atoms with Gasteiger partial charge in [-0.2, -0.15) is 0 Å². The predicted molar refractivity (Wildman–Crippen MR) is 99.5 cm³/mol. The molecule has 29 heavy (non-hydrogen) atoms. The number of esters is 1. The zero-order valence-electron chi connectivity index (χ0n) is 14.6. The molecule has 0 saturated carbocycles. The third kappa shape index (κ3) is 4.22. The van der Waals surface area contributed by atoms with E-state index in [2.05, 4.69) is 5.32 Å². The van der Waals surface area contributed by atoms with Gasteiger partial charge in [-0.05, 0) is 24.3 Å². The molecule has 0 atom stereocenters. The number of halogens is 1. The fourth-order valence-corrected chi connectivity index (χ4v) is 2.89. The van der Waals surface area contributed by atoms with E-state index in [9.17, 15) is 29.3 Å². The first kappa shape index (κ1) is 20.0. The number of nitrogens with zero attached hydrogens (tertiary/aromatic N) is 2. The second-order valence-electron chi connectivity index (χ2n) is 5.87. The molecule has 1 heterocycles. The van der Waals surface area contributed by atoms with Crippen molar-refractivity contribution in [3.05, 3.63) is 68.7 Å². The van der Waals surface area contributed by atoms with Crippen molar-refractivity contribution in [2.24, 2.45) is 0 Å². The lowest BCUT2D eigenvalue weighted by atomic mass is 10.1.